The highest BCUT2D eigenvalue weighted by Crippen LogP contribution is 2.45. The second-order valence-corrected chi connectivity index (χ2v) is 8.47. The van der Waals surface area contributed by atoms with Crippen molar-refractivity contribution in [3.05, 3.63) is 29.8 Å². The molecule has 3 rings (SSSR count). The van der Waals surface area contributed by atoms with Crippen LogP contribution in [0.1, 0.15) is 23.0 Å². The Hall–Kier alpha value is -0.400. The fraction of sp³-hybridized carbons (Fsp3) is 0.562. The number of nitrogens with two attached hydrogens (primary N) is 1. The molecule has 4 nitrogen and oxygen atoms in total. The van der Waals surface area contributed by atoms with E-state index in [1.54, 1.807) is 0 Å². The van der Waals surface area contributed by atoms with E-state index in [0.29, 0.717) is 37.2 Å². The van der Waals surface area contributed by atoms with Gasteiger partial charge < -0.3 is 15.8 Å². The van der Waals surface area contributed by atoms with Crippen molar-refractivity contribution in [3.63, 3.8) is 0 Å². The molecular weight excluding hydrogens is 352 g/mol. The third-order valence-electron chi connectivity index (χ3n) is 4.36. The number of thioether (sulfide) groups is 2. The first-order valence-corrected chi connectivity index (χ1v) is 9.76. The molecule has 128 valence electrons. The van der Waals surface area contributed by atoms with Gasteiger partial charge in [0.05, 0.1) is 10.00 Å². The Balaban J connectivity index is 0.00000192. The summed E-state index contributed by atoms with van der Waals surface area (Å²) in [4.78, 5) is 12.7. The van der Waals surface area contributed by atoms with Crippen LogP contribution in [0.15, 0.2) is 24.3 Å². The van der Waals surface area contributed by atoms with Gasteiger partial charge in [-0.25, -0.2) is 0 Å². The van der Waals surface area contributed by atoms with Crippen LogP contribution in [0.4, 0.5) is 5.69 Å². The molecule has 7 heteroatoms. The summed E-state index contributed by atoms with van der Waals surface area (Å²) in [5.41, 5.74) is 7.57. The molecular formula is C16H23ClN2O2S2. The molecule has 2 aliphatic rings. The summed E-state index contributed by atoms with van der Waals surface area (Å²) < 4.78 is 5.86. The highest BCUT2D eigenvalue weighted by molar-refractivity contribution is 8.19. The second kappa shape index (κ2) is 8.62. The van der Waals surface area contributed by atoms with Gasteiger partial charge in [-0.2, -0.15) is 0 Å². The zero-order valence-corrected chi connectivity index (χ0v) is 15.4. The smallest absolute Gasteiger partial charge is 0.232 e. The van der Waals surface area contributed by atoms with E-state index in [2.05, 4.69) is 17.4 Å². The minimum absolute atomic E-state index is 0. The Morgan fingerprint density at radius 2 is 2.00 bits per heavy atom. The lowest BCUT2D eigenvalue weighted by atomic mass is 9.79. The van der Waals surface area contributed by atoms with Gasteiger partial charge in [-0.15, -0.1) is 35.9 Å². The molecule has 0 aromatic heterocycles. The SMILES string of the molecule is Cl.NCC1(C(=O)Nc2cccc(C3SCCS3)c2)CCOCC1. The number of anilines is 1. The van der Waals surface area contributed by atoms with Gasteiger partial charge in [-0.05, 0) is 30.5 Å². The second-order valence-electron chi connectivity index (χ2n) is 5.75. The minimum Gasteiger partial charge on any atom is -0.381 e. The highest BCUT2D eigenvalue weighted by Gasteiger charge is 2.38. The minimum atomic E-state index is -0.481. The number of carbonyl (C=O) groups is 1. The van der Waals surface area contributed by atoms with E-state index in [-0.39, 0.29) is 18.3 Å². The van der Waals surface area contributed by atoms with Crippen LogP contribution in [0.5, 0.6) is 0 Å². The van der Waals surface area contributed by atoms with E-state index in [4.69, 9.17) is 10.5 Å². The fourth-order valence-electron chi connectivity index (χ4n) is 2.86. The van der Waals surface area contributed by atoms with Gasteiger partial charge in [0.1, 0.15) is 0 Å². The van der Waals surface area contributed by atoms with Gasteiger partial charge in [0.25, 0.3) is 0 Å². The molecule has 0 radical (unpaired) electrons. The maximum Gasteiger partial charge on any atom is 0.232 e. The van der Waals surface area contributed by atoms with Gasteiger partial charge in [-0.3, -0.25) is 4.79 Å². The van der Waals surface area contributed by atoms with Gasteiger partial charge in [0, 0.05) is 37.0 Å². The molecule has 0 saturated carbocycles. The van der Waals surface area contributed by atoms with Crippen molar-refractivity contribution in [2.24, 2.45) is 11.1 Å². The number of benzene rings is 1. The van der Waals surface area contributed by atoms with Crippen LogP contribution in [-0.4, -0.2) is 37.2 Å². The Labute approximate surface area is 152 Å². The maximum absolute atomic E-state index is 12.7. The number of rotatable bonds is 4. The summed E-state index contributed by atoms with van der Waals surface area (Å²) in [6, 6.07) is 8.20. The van der Waals surface area contributed by atoms with E-state index in [1.165, 1.54) is 17.1 Å². The number of hydrogen-bond acceptors (Lipinski definition) is 5. The van der Waals surface area contributed by atoms with Crippen molar-refractivity contribution in [1.29, 1.82) is 0 Å². The molecule has 0 spiro atoms. The third kappa shape index (κ3) is 4.37. The Bertz CT molecular complexity index is 533. The number of amides is 1. The van der Waals surface area contributed by atoms with Crippen LogP contribution in [0.2, 0.25) is 0 Å². The molecule has 3 N–H and O–H groups in total. The number of nitrogens with one attached hydrogen (secondary N) is 1. The molecule has 2 aliphatic heterocycles. The fourth-order valence-corrected chi connectivity index (χ4v) is 5.70. The van der Waals surface area contributed by atoms with E-state index < -0.39 is 5.41 Å². The number of carbonyl (C=O) groups excluding carboxylic acids is 1. The van der Waals surface area contributed by atoms with E-state index >= 15 is 0 Å². The zero-order valence-electron chi connectivity index (χ0n) is 13.0. The van der Waals surface area contributed by atoms with E-state index in [1.807, 2.05) is 35.7 Å². The number of hydrogen-bond donors (Lipinski definition) is 2. The normalized spacial score (nSPS) is 20.7. The predicted molar refractivity (Wildman–Crippen MR) is 102 cm³/mol. The molecule has 1 aromatic carbocycles. The molecule has 0 atom stereocenters. The molecule has 23 heavy (non-hydrogen) atoms. The summed E-state index contributed by atoms with van der Waals surface area (Å²) in [7, 11) is 0. The average molecular weight is 375 g/mol. The number of halogens is 1. The quantitative estimate of drug-likeness (QED) is 0.846. The van der Waals surface area contributed by atoms with E-state index in [9.17, 15) is 4.79 Å². The van der Waals surface area contributed by atoms with Gasteiger partial charge in [0.2, 0.25) is 5.91 Å². The molecule has 0 unspecified atom stereocenters. The molecule has 2 fully saturated rings. The lowest BCUT2D eigenvalue weighted by molar-refractivity contribution is -0.130. The first kappa shape index (κ1) is 18.9. The van der Waals surface area contributed by atoms with Crippen molar-refractivity contribution < 1.29 is 9.53 Å². The average Bonchev–Trinajstić information content (AvgIpc) is 3.10. The van der Waals surface area contributed by atoms with Gasteiger partial charge in [-0.1, -0.05) is 12.1 Å². The first-order chi connectivity index (χ1) is 10.7. The highest BCUT2D eigenvalue weighted by atomic mass is 35.5. The topological polar surface area (TPSA) is 64.4 Å². The molecule has 1 aromatic rings. The first-order valence-electron chi connectivity index (χ1n) is 7.66. The Morgan fingerprint density at radius 1 is 1.30 bits per heavy atom. The Kier molecular flexibility index (Phi) is 7.10. The lowest BCUT2D eigenvalue weighted by Gasteiger charge is -2.34. The maximum atomic E-state index is 12.7. The molecule has 2 saturated heterocycles. The van der Waals surface area contributed by atoms with Crippen LogP contribution in [0.25, 0.3) is 0 Å². The van der Waals surface area contributed by atoms with Crippen molar-refractivity contribution in [1.82, 2.24) is 0 Å². The largest absolute Gasteiger partial charge is 0.381 e. The molecule has 0 aliphatic carbocycles. The van der Waals surface area contributed by atoms with Crippen LogP contribution in [0, 0.1) is 5.41 Å². The van der Waals surface area contributed by atoms with Crippen molar-refractivity contribution >= 4 is 47.5 Å². The van der Waals surface area contributed by atoms with Crippen LogP contribution in [-0.2, 0) is 9.53 Å². The lowest BCUT2D eigenvalue weighted by Crippen LogP contribution is -2.46. The van der Waals surface area contributed by atoms with E-state index in [0.717, 1.165) is 5.69 Å². The van der Waals surface area contributed by atoms with Crippen LogP contribution < -0.4 is 11.1 Å². The van der Waals surface area contributed by atoms with Gasteiger partial charge in [0.15, 0.2) is 0 Å². The standard InChI is InChI=1S/C16H22N2O2S2.ClH/c17-11-16(4-6-20-7-5-16)15(19)18-13-3-1-2-12(10-13)14-21-8-9-22-14;/h1-3,10,14H,4-9,11,17H2,(H,18,19);1H. The summed E-state index contributed by atoms with van der Waals surface area (Å²) in [6.45, 7) is 1.59. The third-order valence-corrected chi connectivity index (χ3v) is 7.47. The van der Waals surface area contributed by atoms with Gasteiger partial charge >= 0.3 is 0 Å². The predicted octanol–water partition coefficient (Wildman–Crippen LogP) is 3.28. The summed E-state index contributed by atoms with van der Waals surface area (Å²) in [5, 5.41) is 3.07. The van der Waals surface area contributed by atoms with Crippen molar-refractivity contribution in [3.8, 4) is 0 Å². The van der Waals surface area contributed by atoms with Crippen molar-refractivity contribution in [2.45, 2.75) is 17.4 Å². The Morgan fingerprint density at radius 3 is 2.65 bits per heavy atom. The van der Waals surface area contributed by atoms with Crippen molar-refractivity contribution in [2.75, 3.05) is 36.6 Å². The summed E-state index contributed by atoms with van der Waals surface area (Å²) in [6.07, 6.45) is 1.40. The monoisotopic (exact) mass is 374 g/mol. The zero-order chi connectivity index (χ0) is 15.4. The molecule has 2 heterocycles. The van der Waals surface area contributed by atoms with Crippen LogP contribution >= 0.6 is 35.9 Å². The summed E-state index contributed by atoms with van der Waals surface area (Å²) >= 11 is 3.94. The summed E-state index contributed by atoms with van der Waals surface area (Å²) in [5.74, 6) is 2.42. The molecule has 1 amide bonds. The number of ether oxygens (including phenoxy) is 1. The molecule has 0 bridgehead atoms. The van der Waals surface area contributed by atoms with Crippen LogP contribution in [0.3, 0.4) is 0 Å².